The smallest absolute Gasteiger partial charge is 0.170 e. The van der Waals surface area contributed by atoms with Crippen molar-refractivity contribution in [2.24, 2.45) is 5.92 Å². The van der Waals surface area contributed by atoms with Crippen molar-refractivity contribution in [1.82, 2.24) is 0 Å². The van der Waals surface area contributed by atoms with E-state index in [1.54, 1.807) is 32.0 Å². The minimum Gasteiger partial charge on any atom is -0.299 e. The zero-order chi connectivity index (χ0) is 11.4. The first-order valence-corrected chi connectivity index (χ1v) is 5.61. The van der Waals surface area contributed by atoms with Gasteiger partial charge in [-0.3, -0.25) is 9.59 Å². The standard InChI is InChI=1S/C12H13BrO2/c1-8(2)11(14)7-12(15)9-4-3-5-10(13)6-9/h3-6,8H,7H2,1-2H3. The molecule has 1 rings (SSSR count). The van der Waals surface area contributed by atoms with Crippen LogP contribution in [-0.4, -0.2) is 11.6 Å². The second-order valence-electron chi connectivity index (χ2n) is 3.73. The highest BCUT2D eigenvalue weighted by atomic mass is 79.9. The molecule has 0 aliphatic rings. The molecule has 0 saturated heterocycles. The monoisotopic (exact) mass is 268 g/mol. The first kappa shape index (κ1) is 12.1. The van der Waals surface area contributed by atoms with Crippen molar-refractivity contribution in [3.63, 3.8) is 0 Å². The van der Waals surface area contributed by atoms with Crippen LogP contribution in [0, 0.1) is 5.92 Å². The molecule has 1 aromatic carbocycles. The summed E-state index contributed by atoms with van der Waals surface area (Å²) in [4.78, 5) is 23.0. The second kappa shape index (κ2) is 5.21. The van der Waals surface area contributed by atoms with Crippen LogP contribution < -0.4 is 0 Å². The maximum atomic E-state index is 11.7. The lowest BCUT2D eigenvalue weighted by atomic mass is 10.00. The van der Waals surface area contributed by atoms with E-state index in [-0.39, 0.29) is 23.9 Å². The van der Waals surface area contributed by atoms with Gasteiger partial charge in [-0.2, -0.15) is 0 Å². The number of rotatable bonds is 4. The lowest BCUT2D eigenvalue weighted by Crippen LogP contribution is -2.13. The van der Waals surface area contributed by atoms with Gasteiger partial charge in [-0.15, -0.1) is 0 Å². The Labute approximate surface area is 97.8 Å². The maximum absolute atomic E-state index is 11.7. The molecule has 80 valence electrons. The summed E-state index contributed by atoms with van der Waals surface area (Å²) < 4.78 is 0.852. The number of halogens is 1. The van der Waals surface area contributed by atoms with E-state index in [2.05, 4.69) is 15.9 Å². The van der Waals surface area contributed by atoms with Gasteiger partial charge in [-0.05, 0) is 12.1 Å². The number of Topliss-reactive ketones (excluding diaryl/α,β-unsaturated/α-hetero) is 2. The number of carbonyl (C=O) groups is 2. The Kier molecular flexibility index (Phi) is 4.21. The van der Waals surface area contributed by atoms with Gasteiger partial charge in [0.05, 0.1) is 6.42 Å². The highest BCUT2D eigenvalue weighted by Gasteiger charge is 2.14. The molecule has 0 radical (unpaired) electrons. The summed E-state index contributed by atoms with van der Waals surface area (Å²) in [7, 11) is 0. The van der Waals surface area contributed by atoms with Gasteiger partial charge < -0.3 is 0 Å². The third kappa shape index (κ3) is 3.59. The molecule has 1 aromatic rings. The molecular weight excluding hydrogens is 256 g/mol. The van der Waals surface area contributed by atoms with Crippen molar-refractivity contribution in [1.29, 1.82) is 0 Å². The molecule has 0 bridgehead atoms. The van der Waals surface area contributed by atoms with Crippen molar-refractivity contribution >= 4 is 27.5 Å². The van der Waals surface area contributed by atoms with Gasteiger partial charge in [0.1, 0.15) is 5.78 Å². The van der Waals surface area contributed by atoms with E-state index in [1.807, 2.05) is 6.07 Å². The predicted octanol–water partition coefficient (Wildman–Crippen LogP) is 3.25. The number of carbonyl (C=O) groups excluding carboxylic acids is 2. The minimum atomic E-state index is -0.116. The Balaban J connectivity index is 2.74. The van der Waals surface area contributed by atoms with Gasteiger partial charge in [0, 0.05) is 16.0 Å². The third-order valence-electron chi connectivity index (χ3n) is 2.13. The van der Waals surface area contributed by atoms with E-state index in [9.17, 15) is 9.59 Å². The Bertz CT molecular complexity index is 383. The van der Waals surface area contributed by atoms with E-state index in [0.717, 1.165) is 4.47 Å². The molecule has 0 N–H and O–H groups in total. The van der Waals surface area contributed by atoms with Gasteiger partial charge in [-0.25, -0.2) is 0 Å². The molecule has 3 heteroatoms. The van der Waals surface area contributed by atoms with Crippen molar-refractivity contribution in [3.05, 3.63) is 34.3 Å². The average molecular weight is 269 g/mol. The van der Waals surface area contributed by atoms with E-state index in [0.29, 0.717) is 5.56 Å². The van der Waals surface area contributed by atoms with Crippen LogP contribution in [0.1, 0.15) is 30.6 Å². The summed E-state index contributed by atoms with van der Waals surface area (Å²) >= 11 is 3.29. The molecule has 0 atom stereocenters. The summed E-state index contributed by atoms with van der Waals surface area (Å²) in [6.07, 6.45) is -0.00583. The van der Waals surface area contributed by atoms with Gasteiger partial charge in [0.15, 0.2) is 5.78 Å². The molecular formula is C12H13BrO2. The number of ketones is 2. The van der Waals surface area contributed by atoms with Gasteiger partial charge in [0.2, 0.25) is 0 Å². The number of hydrogen-bond donors (Lipinski definition) is 0. The van der Waals surface area contributed by atoms with Gasteiger partial charge >= 0.3 is 0 Å². The first-order chi connectivity index (χ1) is 7.00. The number of benzene rings is 1. The molecule has 2 nitrogen and oxygen atoms in total. The zero-order valence-electron chi connectivity index (χ0n) is 8.79. The number of hydrogen-bond acceptors (Lipinski definition) is 2. The van der Waals surface area contributed by atoms with Crippen LogP contribution >= 0.6 is 15.9 Å². The summed E-state index contributed by atoms with van der Waals surface area (Å²) in [5.41, 5.74) is 0.582. The van der Waals surface area contributed by atoms with Crippen LogP contribution in [0.4, 0.5) is 0 Å². The van der Waals surface area contributed by atoms with Crippen molar-refractivity contribution in [2.75, 3.05) is 0 Å². The van der Waals surface area contributed by atoms with Crippen molar-refractivity contribution < 1.29 is 9.59 Å². The lowest BCUT2D eigenvalue weighted by molar-refractivity contribution is -0.121. The normalized spacial score (nSPS) is 10.4. The van der Waals surface area contributed by atoms with Crippen molar-refractivity contribution in [3.8, 4) is 0 Å². The predicted molar refractivity (Wildman–Crippen MR) is 62.9 cm³/mol. The molecule has 15 heavy (non-hydrogen) atoms. The van der Waals surface area contributed by atoms with Crippen LogP contribution in [0.15, 0.2) is 28.7 Å². The lowest BCUT2D eigenvalue weighted by Gasteiger charge is -2.03. The van der Waals surface area contributed by atoms with Gasteiger partial charge in [-0.1, -0.05) is 41.9 Å². The molecule has 0 aromatic heterocycles. The second-order valence-corrected chi connectivity index (χ2v) is 4.65. The van der Waals surface area contributed by atoms with E-state index < -0.39 is 0 Å². The summed E-state index contributed by atoms with van der Waals surface area (Å²) in [6, 6.07) is 7.09. The molecule has 0 heterocycles. The molecule has 0 aliphatic carbocycles. The molecule has 0 spiro atoms. The molecule has 0 unspecified atom stereocenters. The molecule has 0 saturated carbocycles. The zero-order valence-corrected chi connectivity index (χ0v) is 10.4. The molecule has 0 amide bonds. The van der Waals surface area contributed by atoms with Crippen molar-refractivity contribution in [2.45, 2.75) is 20.3 Å². The maximum Gasteiger partial charge on any atom is 0.170 e. The largest absolute Gasteiger partial charge is 0.299 e. The molecule has 0 fully saturated rings. The SMILES string of the molecule is CC(C)C(=O)CC(=O)c1cccc(Br)c1. The van der Waals surface area contributed by atoms with E-state index >= 15 is 0 Å². The Morgan fingerprint density at radius 3 is 2.53 bits per heavy atom. The average Bonchev–Trinajstić information content (AvgIpc) is 2.17. The topological polar surface area (TPSA) is 34.1 Å². The fourth-order valence-electron chi connectivity index (χ4n) is 1.13. The Morgan fingerprint density at radius 1 is 1.33 bits per heavy atom. The van der Waals surface area contributed by atoms with Crippen LogP contribution in [0.5, 0.6) is 0 Å². The van der Waals surface area contributed by atoms with Crippen LogP contribution in [0.25, 0.3) is 0 Å². The van der Waals surface area contributed by atoms with Crippen LogP contribution in [-0.2, 0) is 4.79 Å². The summed E-state index contributed by atoms with van der Waals surface area (Å²) in [6.45, 7) is 3.60. The minimum absolute atomic E-state index is 0.00583. The van der Waals surface area contributed by atoms with Gasteiger partial charge in [0.25, 0.3) is 0 Å². The van der Waals surface area contributed by atoms with Crippen LogP contribution in [0.3, 0.4) is 0 Å². The fraction of sp³-hybridized carbons (Fsp3) is 0.333. The van der Waals surface area contributed by atoms with Crippen LogP contribution in [0.2, 0.25) is 0 Å². The highest BCUT2D eigenvalue weighted by molar-refractivity contribution is 9.10. The molecule has 0 aliphatic heterocycles. The summed E-state index contributed by atoms with van der Waals surface area (Å²) in [5.74, 6) is -0.212. The van der Waals surface area contributed by atoms with E-state index in [4.69, 9.17) is 0 Å². The first-order valence-electron chi connectivity index (χ1n) is 4.82. The quantitative estimate of drug-likeness (QED) is 0.621. The highest BCUT2D eigenvalue weighted by Crippen LogP contribution is 2.14. The fourth-order valence-corrected chi connectivity index (χ4v) is 1.53. The Hall–Kier alpha value is -0.960. The van der Waals surface area contributed by atoms with E-state index in [1.165, 1.54) is 0 Å². The Morgan fingerprint density at radius 2 is 2.00 bits per heavy atom. The third-order valence-corrected chi connectivity index (χ3v) is 2.62. The summed E-state index contributed by atoms with van der Waals surface area (Å²) in [5, 5.41) is 0.